The smallest absolute Gasteiger partial charge is 0.305 e. The minimum Gasteiger partial charge on any atom is -0.489 e. The Bertz CT molecular complexity index is 1380. The summed E-state index contributed by atoms with van der Waals surface area (Å²) < 4.78 is 11.4. The van der Waals surface area contributed by atoms with E-state index >= 15 is 0 Å². The highest BCUT2D eigenvalue weighted by molar-refractivity contribution is 5.86. The summed E-state index contributed by atoms with van der Waals surface area (Å²) in [5.74, 6) is -0.938. The maximum atomic E-state index is 13.4. The molecule has 3 aromatic carbocycles. The summed E-state index contributed by atoms with van der Waals surface area (Å²) in [5, 5.41) is 15.9. The van der Waals surface area contributed by atoms with Gasteiger partial charge in [-0.25, -0.2) is 0 Å². The molecule has 3 atom stereocenters. The number of allylic oxidation sites excluding steroid dienone is 2. The number of rotatable bonds is 22. The van der Waals surface area contributed by atoms with Crippen LogP contribution in [0.25, 0.3) is 0 Å². The number of ether oxygens (including phenoxy) is 2. The quantitative estimate of drug-likeness (QED) is 0.0718. The van der Waals surface area contributed by atoms with E-state index in [2.05, 4.69) is 23.8 Å². The fraction of sp³-hybridized carbons (Fsp3) is 0.359. The van der Waals surface area contributed by atoms with Crippen molar-refractivity contribution in [1.29, 1.82) is 0 Å². The van der Waals surface area contributed by atoms with Crippen molar-refractivity contribution in [2.75, 3.05) is 13.2 Å². The number of aliphatic hydroxyl groups excluding tert-OH is 1. The Morgan fingerprint density at radius 2 is 1.40 bits per heavy atom. The van der Waals surface area contributed by atoms with Crippen LogP contribution in [0.4, 0.5) is 0 Å². The first kappa shape index (κ1) is 36.8. The lowest BCUT2D eigenvalue weighted by molar-refractivity contribution is -0.145. The van der Waals surface area contributed by atoms with Crippen molar-refractivity contribution in [3.05, 3.63) is 127 Å². The predicted molar refractivity (Wildman–Crippen MR) is 185 cm³/mol. The van der Waals surface area contributed by atoms with Crippen LogP contribution >= 0.6 is 0 Å². The standard InChI is InChI=1S/C39H48N2O6/c1-3-5-6-13-19-38(44)47-29-35(25-30-15-9-7-10-16-30)41-39(45)33(14-4-2)26-37(43)40-34(27-42)24-31-20-22-36(23-21-31)46-28-32-17-11-8-12-18-32/h3-4,7-12,15-18,20-23,33-35,42H,1-2,5-6,13-14,19,24-29H2,(H,40,43)(H,41,45)/t33-,34-,35+/m0/s1. The van der Waals surface area contributed by atoms with Crippen LogP contribution in [0, 0.1) is 5.92 Å². The Balaban J connectivity index is 1.54. The highest BCUT2D eigenvalue weighted by Crippen LogP contribution is 2.17. The number of esters is 1. The molecular formula is C39H48N2O6. The number of amides is 2. The van der Waals surface area contributed by atoms with Gasteiger partial charge in [0.15, 0.2) is 0 Å². The number of carbonyl (C=O) groups excluding carboxylic acids is 3. The summed E-state index contributed by atoms with van der Waals surface area (Å²) in [7, 11) is 0. The lowest BCUT2D eigenvalue weighted by Crippen LogP contribution is -2.45. The van der Waals surface area contributed by atoms with Gasteiger partial charge in [0.25, 0.3) is 0 Å². The van der Waals surface area contributed by atoms with Gasteiger partial charge in [-0.15, -0.1) is 13.2 Å². The second kappa shape index (κ2) is 21.2. The summed E-state index contributed by atoms with van der Waals surface area (Å²) in [4.78, 5) is 38.8. The molecule has 8 heteroatoms. The largest absolute Gasteiger partial charge is 0.489 e. The summed E-state index contributed by atoms with van der Waals surface area (Å²) in [6, 6.07) is 26.1. The van der Waals surface area contributed by atoms with E-state index in [9.17, 15) is 19.5 Å². The van der Waals surface area contributed by atoms with Gasteiger partial charge in [0.1, 0.15) is 19.0 Å². The van der Waals surface area contributed by atoms with Crippen LogP contribution < -0.4 is 15.4 Å². The van der Waals surface area contributed by atoms with E-state index in [1.54, 1.807) is 6.08 Å². The third-order valence-corrected chi connectivity index (χ3v) is 7.65. The number of nitrogens with one attached hydrogen (secondary N) is 2. The Morgan fingerprint density at radius 1 is 0.766 bits per heavy atom. The molecule has 0 aliphatic heterocycles. The summed E-state index contributed by atoms with van der Waals surface area (Å²) in [6.45, 7) is 7.70. The molecule has 0 saturated heterocycles. The van der Waals surface area contributed by atoms with Gasteiger partial charge in [0.05, 0.1) is 24.6 Å². The summed E-state index contributed by atoms with van der Waals surface area (Å²) in [6.07, 6.45) is 7.23. The van der Waals surface area contributed by atoms with Crippen molar-refractivity contribution in [1.82, 2.24) is 10.6 Å². The van der Waals surface area contributed by atoms with Crippen molar-refractivity contribution < 1.29 is 29.0 Å². The zero-order chi connectivity index (χ0) is 33.7. The molecule has 8 nitrogen and oxygen atoms in total. The van der Waals surface area contributed by atoms with E-state index in [4.69, 9.17) is 9.47 Å². The predicted octanol–water partition coefficient (Wildman–Crippen LogP) is 5.88. The first-order valence-electron chi connectivity index (χ1n) is 16.3. The first-order chi connectivity index (χ1) is 22.9. The molecule has 0 aromatic heterocycles. The van der Waals surface area contributed by atoms with Gasteiger partial charge in [-0.2, -0.15) is 0 Å². The molecule has 0 aliphatic rings. The van der Waals surface area contributed by atoms with Gasteiger partial charge in [-0.05, 0) is 67.3 Å². The first-order valence-corrected chi connectivity index (χ1v) is 16.3. The summed E-state index contributed by atoms with van der Waals surface area (Å²) >= 11 is 0. The highest BCUT2D eigenvalue weighted by atomic mass is 16.5. The fourth-order valence-corrected chi connectivity index (χ4v) is 5.10. The zero-order valence-corrected chi connectivity index (χ0v) is 27.2. The lowest BCUT2D eigenvalue weighted by Gasteiger charge is -2.23. The Labute approximate surface area is 278 Å². The average Bonchev–Trinajstić information content (AvgIpc) is 3.09. The van der Waals surface area contributed by atoms with Crippen LogP contribution in [-0.2, 0) is 38.6 Å². The van der Waals surface area contributed by atoms with Crippen molar-refractivity contribution in [3.8, 4) is 5.75 Å². The molecular weight excluding hydrogens is 592 g/mol. The van der Waals surface area contributed by atoms with Gasteiger partial charge in [0, 0.05) is 12.8 Å². The zero-order valence-electron chi connectivity index (χ0n) is 27.2. The normalized spacial score (nSPS) is 12.6. The topological polar surface area (TPSA) is 114 Å². The van der Waals surface area contributed by atoms with E-state index in [-0.39, 0.29) is 43.8 Å². The van der Waals surface area contributed by atoms with Crippen LogP contribution in [0.5, 0.6) is 5.75 Å². The second-order valence-electron chi connectivity index (χ2n) is 11.6. The molecule has 3 N–H and O–H groups in total. The highest BCUT2D eigenvalue weighted by Gasteiger charge is 2.25. The Morgan fingerprint density at radius 3 is 2.04 bits per heavy atom. The molecule has 3 rings (SSSR count). The number of hydrogen-bond donors (Lipinski definition) is 3. The molecule has 0 radical (unpaired) electrons. The molecule has 0 aliphatic carbocycles. The minimum atomic E-state index is -0.680. The average molecular weight is 641 g/mol. The number of unbranched alkanes of at least 4 members (excludes halogenated alkanes) is 2. The molecule has 0 bridgehead atoms. The molecule has 2 amide bonds. The van der Waals surface area contributed by atoms with E-state index in [0.29, 0.717) is 32.3 Å². The van der Waals surface area contributed by atoms with E-state index in [1.807, 2.05) is 91.0 Å². The van der Waals surface area contributed by atoms with Crippen molar-refractivity contribution in [2.45, 2.75) is 70.1 Å². The molecule has 0 spiro atoms. The third kappa shape index (κ3) is 14.5. The van der Waals surface area contributed by atoms with Crippen molar-refractivity contribution in [3.63, 3.8) is 0 Å². The van der Waals surface area contributed by atoms with E-state index < -0.39 is 18.0 Å². The SMILES string of the molecule is C=CCCCCC(=O)OC[C@@H](Cc1ccccc1)NC(=O)[C@@H](CC=C)CC(=O)N[C@H](CO)Cc1ccc(OCc2ccccc2)cc1. The molecule has 250 valence electrons. The fourth-order valence-electron chi connectivity index (χ4n) is 5.10. The Hall–Kier alpha value is -4.69. The van der Waals surface area contributed by atoms with E-state index in [0.717, 1.165) is 35.3 Å². The molecule has 0 saturated carbocycles. The molecule has 0 unspecified atom stereocenters. The maximum Gasteiger partial charge on any atom is 0.305 e. The minimum absolute atomic E-state index is 0.0244. The van der Waals surface area contributed by atoms with Gasteiger partial charge >= 0.3 is 5.97 Å². The van der Waals surface area contributed by atoms with Crippen LogP contribution in [-0.4, -0.2) is 48.2 Å². The number of benzene rings is 3. The monoisotopic (exact) mass is 640 g/mol. The van der Waals surface area contributed by atoms with Gasteiger partial charge < -0.3 is 25.2 Å². The maximum absolute atomic E-state index is 13.4. The molecule has 47 heavy (non-hydrogen) atoms. The summed E-state index contributed by atoms with van der Waals surface area (Å²) in [5.41, 5.74) is 2.99. The van der Waals surface area contributed by atoms with Crippen LogP contribution in [0.1, 0.15) is 55.2 Å². The number of aliphatic hydroxyl groups is 1. The third-order valence-electron chi connectivity index (χ3n) is 7.65. The lowest BCUT2D eigenvalue weighted by atomic mass is 9.98. The van der Waals surface area contributed by atoms with Crippen molar-refractivity contribution >= 4 is 17.8 Å². The molecule has 0 heterocycles. The molecule has 3 aromatic rings. The number of carbonyl (C=O) groups is 3. The second-order valence-corrected chi connectivity index (χ2v) is 11.6. The van der Waals surface area contributed by atoms with Gasteiger partial charge in [0.2, 0.25) is 11.8 Å². The van der Waals surface area contributed by atoms with Gasteiger partial charge in [-0.1, -0.05) is 84.9 Å². The van der Waals surface area contributed by atoms with Crippen molar-refractivity contribution in [2.24, 2.45) is 5.92 Å². The Kier molecular flexibility index (Phi) is 16.6. The number of hydrogen-bond acceptors (Lipinski definition) is 6. The van der Waals surface area contributed by atoms with Crippen LogP contribution in [0.3, 0.4) is 0 Å². The van der Waals surface area contributed by atoms with Crippen LogP contribution in [0.2, 0.25) is 0 Å². The van der Waals surface area contributed by atoms with Crippen LogP contribution in [0.15, 0.2) is 110 Å². The van der Waals surface area contributed by atoms with Gasteiger partial charge in [-0.3, -0.25) is 14.4 Å². The molecule has 0 fully saturated rings. The van der Waals surface area contributed by atoms with E-state index in [1.165, 1.54) is 0 Å².